The van der Waals surface area contributed by atoms with Crippen molar-refractivity contribution in [3.8, 4) is 0 Å². The number of amidine groups is 3. The molecule has 0 saturated heterocycles. The summed E-state index contributed by atoms with van der Waals surface area (Å²) in [7, 11) is 2.98. The molecule has 0 aromatic heterocycles. The SMILES string of the molecule is CNC(=O)C(C(=O)NC)=C1NC(=Nc2ccccc2)c2cc3c(cc21)C(=Nc1ccccc1)NC3=Nc1ccccc1. The lowest BCUT2D eigenvalue weighted by Crippen LogP contribution is -2.34. The second-order valence-corrected chi connectivity index (χ2v) is 9.49. The number of hydrogen-bond acceptors (Lipinski definition) is 5. The number of likely N-dealkylation sites (N-methyl/N-ethyl adjacent to an activating group) is 2. The summed E-state index contributed by atoms with van der Waals surface area (Å²) in [4.78, 5) is 40.6. The zero-order valence-electron chi connectivity index (χ0n) is 23.0. The molecule has 0 saturated carbocycles. The van der Waals surface area contributed by atoms with E-state index in [9.17, 15) is 9.59 Å². The van der Waals surface area contributed by atoms with E-state index in [-0.39, 0.29) is 5.57 Å². The average molecular weight is 554 g/mol. The van der Waals surface area contributed by atoms with Crippen molar-refractivity contribution < 1.29 is 9.59 Å². The first kappa shape index (κ1) is 26.4. The second-order valence-electron chi connectivity index (χ2n) is 9.49. The van der Waals surface area contributed by atoms with Crippen molar-refractivity contribution >= 4 is 52.1 Å². The van der Waals surface area contributed by atoms with Gasteiger partial charge in [-0.25, -0.2) is 15.0 Å². The van der Waals surface area contributed by atoms with Crippen molar-refractivity contribution in [2.24, 2.45) is 15.0 Å². The fraction of sp³-hybridized carbons (Fsp3) is 0.0606. The van der Waals surface area contributed by atoms with Crippen molar-refractivity contribution in [2.45, 2.75) is 0 Å². The summed E-state index contributed by atoms with van der Waals surface area (Å²) in [6.45, 7) is 0. The van der Waals surface area contributed by atoms with Crippen LogP contribution in [0, 0.1) is 0 Å². The van der Waals surface area contributed by atoms with E-state index in [1.807, 2.05) is 103 Å². The highest BCUT2D eigenvalue weighted by atomic mass is 16.2. The number of carbonyl (C=O) groups is 2. The third-order valence-corrected chi connectivity index (χ3v) is 6.82. The van der Waals surface area contributed by atoms with E-state index in [0.29, 0.717) is 28.8 Å². The van der Waals surface area contributed by atoms with Crippen molar-refractivity contribution in [3.63, 3.8) is 0 Å². The van der Waals surface area contributed by atoms with Gasteiger partial charge in [0.1, 0.15) is 23.1 Å². The van der Waals surface area contributed by atoms with E-state index in [1.165, 1.54) is 14.1 Å². The largest absolute Gasteiger partial charge is 0.355 e. The zero-order valence-corrected chi connectivity index (χ0v) is 23.0. The maximum absolute atomic E-state index is 13.0. The highest BCUT2D eigenvalue weighted by Gasteiger charge is 2.35. The summed E-state index contributed by atoms with van der Waals surface area (Å²) in [5.41, 5.74) is 5.54. The molecule has 0 fully saturated rings. The minimum atomic E-state index is -0.521. The van der Waals surface area contributed by atoms with Gasteiger partial charge in [0.15, 0.2) is 0 Å². The summed E-state index contributed by atoms with van der Waals surface area (Å²) < 4.78 is 0. The Balaban J connectivity index is 1.62. The van der Waals surface area contributed by atoms with Gasteiger partial charge in [0, 0.05) is 36.3 Å². The highest BCUT2D eigenvalue weighted by molar-refractivity contribution is 6.31. The van der Waals surface area contributed by atoms with E-state index < -0.39 is 11.8 Å². The number of fused-ring (bicyclic) bond motifs is 2. The summed E-state index contributed by atoms with van der Waals surface area (Å²) in [6.07, 6.45) is 0. The Labute approximate surface area is 242 Å². The van der Waals surface area contributed by atoms with Gasteiger partial charge in [-0.2, -0.15) is 0 Å². The number of carbonyl (C=O) groups excluding carboxylic acids is 2. The first-order chi connectivity index (χ1) is 20.6. The van der Waals surface area contributed by atoms with Crippen LogP contribution in [-0.4, -0.2) is 43.4 Å². The molecule has 0 atom stereocenters. The molecule has 2 amide bonds. The molecular weight excluding hydrogens is 526 g/mol. The molecule has 6 rings (SSSR count). The van der Waals surface area contributed by atoms with Crippen LogP contribution in [0.4, 0.5) is 17.1 Å². The Morgan fingerprint density at radius 1 is 0.524 bits per heavy atom. The van der Waals surface area contributed by atoms with Gasteiger partial charge >= 0.3 is 0 Å². The number of benzene rings is 4. The number of aliphatic imine (C=N–C) groups is 3. The maximum Gasteiger partial charge on any atom is 0.258 e. The molecule has 0 bridgehead atoms. The van der Waals surface area contributed by atoms with E-state index in [0.717, 1.165) is 33.8 Å². The first-order valence-electron chi connectivity index (χ1n) is 13.4. The third-order valence-electron chi connectivity index (χ3n) is 6.82. The molecule has 2 aliphatic rings. The molecule has 4 aromatic rings. The lowest BCUT2D eigenvalue weighted by molar-refractivity contribution is -0.123. The van der Waals surface area contributed by atoms with Crippen LogP contribution in [0.3, 0.4) is 0 Å². The number of nitrogens with zero attached hydrogens (tertiary/aromatic N) is 3. The minimum Gasteiger partial charge on any atom is -0.355 e. The smallest absolute Gasteiger partial charge is 0.258 e. The van der Waals surface area contributed by atoms with Gasteiger partial charge in [0.25, 0.3) is 11.8 Å². The van der Waals surface area contributed by atoms with Crippen molar-refractivity contribution in [1.29, 1.82) is 0 Å². The summed E-state index contributed by atoms with van der Waals surface area (Å²) >= 11 is 0. The molecular formula is C33H27N7O2. The van der Waals surface area contributed by atoms with Gasteiger partial charge < -0.3 is 21.3 Å². The van der Waals surface area contributed by atoms with Gasteiger partial charge in [-0.15, -0.1) is 0 Å². The fourth-order valence-electron chi connectivity index (χ4n) is 4.83. The topological polar surface area (TPSA) is 119 Å². The molecule has 42 heavy (non-hydrogen) atoms. The first-order valence-corrected chi connectivity index (χ1v) is 13.4. The van der Waals surface area contributed by atoms with Gasteiger partial charge in [0.2, 0.25) is 0 Å². The van der Waals surface area contributed by atoms with Gasteiger partial charge in [0.05, 0.1) is 22.8 Å². The average Bonchev–Trinajstić information content (AvgIpc) is 3.54. The molecule has 4 N–H and O–H groups in total. The van der Waals surface area contributed by atoms with Crippen LogP contribution in [0.15, 0.2) is 124 Å². The Kier molecular flexibility index (Phi) is 7.13. The monoisotopic (exact) mass is 553 g/mol. The maximum atomic E-state index is 13.0. The fourth-order valence-corrected chi connectivity index (χ4v) is 4.83. The predicted octanol–water partition coefficient (Wildman–Crippen LogP) is 4.33. The molecule has 2 aliphatic heterocycles. The summed E-state index contributed by atoms with van der Waals surface area (Å²) in [5, 5.41) is 11.8. The Hall–Kier alpha value is -5.83. The molecule has 0 spiro atoms. The van der Waals surface area contributed by atoms with Crippen LogP contribution in [0.25, 0.3) is 5.70 Å². The van der Waals surface area contributed by atoms with Gasteiger partial charge in [-0.3, -0.25) is 9.59 Å². The summed E-state index contributed by atoms with van der Waals surface area (Å²) in [6, 6.07) is 32.7. The lowest BCUT2D eigenvalue weighted by Gasteiger charge is -2.10. The molecule has 0 radical (unpaired) electrons. The zero-order chi connectivity index (χ0) is 29.1. The second kappa shape index (κ2) is 11.3. The van der Waals surface area contributed by atoms with Gasteiger partial charge in [-0.05, 0) is 48.5 Å². The predicted molar refractivity (Wildman–Crippen MR) is 166 cm³/mol. The number of para-hydroxylation sites is 3. The van der Waals surface area contributed by atoms with Crippen LogP contribution in [-0.2, 0) is 9.59 Å². The van der Waals surface area contributed by atoms with Crippen LogP contribution >= 0.6 is 0 Å². The normalized spacial score (nSPS) is 16.0. The molecule has 9 nitrogen and oxygen atoms in total. The van der Waals surface area contributed by atoms with E-state index in [2.05, 4.69) is 21.3 Å². The molecule has 206 valence electrons. The van der Waals surface area contributed by atoms with Crippen LogP contribution in [0.2, 0.25) is 0 Å². The van der Waals surface area contributed by atoms with Gasteiger partial charge in [-0.1, -0.05) is 54.6 Å². The van der Waals surface area contributed by atoms with Crippen molar-refractivity contribution in [2.75, 3.05) is 14.1 Å². The van der Waals surface area contributed by atoms with Crippen LogP contribution in [0.5, 0.6) is 0 Å². The molecule has 0 unspecified atom stereocenters. The standard InChI is InChI=1S/C33H27N7O2/c1-34-32(41)27(33(42)35-2)28-23-18-25-26(19-24(23)29(39-28)36-20-12-6-3-7-13-20)31(38-22-16-10-5-11-17-22)40-30(25)37-21-14-8-4-9-15-21/h3-19H,1-2H3,(H,34,41)(H,35,42)(H,36,39)(H,37,38,40). The van der Waals surface area contributed by atoms with E-state index in [4.69, 9.17) is 15.0 Å². The number of rotatable bonds is 5. The highest BCUT2D eigenvalue weighted by Crippen LogP contribution is 2.34. The van der Waals surface area contributed by atoms with Crippen molar-refractivity contribution in [1.82, 2.24) is 21.3 Å². The Morgan fingerprint density at radius 2 is 0.881 bits per heavy atom. The number of hydrogen-bond donors (Lipinski definition) is 4. The molecule has 2 heterocycles. The number of nitrogens with one attached hydrogen (secondary N) is 4. The van der Waals surface area contributed by atoms with E-state index >= 15 is 0 Å². The molecule has 0 aliphatic carbocycles. The van der Waals surface area contributed by atoms with Crippen LogP contribution < -0.4 is 21.3 Å². The molecule has 9 heteroatoms. The Morgan fingerprint density at radius 3 is 1.29 bits per heavy atom. The van der Waals surface area contributed by atoms with Crippen molar-refractivity contribution in [3.05, 3.63) is 131 Å². The Bertz CT molecular complexity index is 1790. The lowest BCUT2D eigenvalue weighted by atomic mass is 9.97. The summed E-state index contributed by atoms with van der Waals surface area (Å²) in [5.74, 6) is 0.691. The quantitative estimate of drug-likeness (QED) is 0.167. The molecule has 4 aromatic carbocycles. The van der Waals surface area contributed by atoms with E-state index in [1.54, 1.807) is 0 Å². The number of amides is 2. The van der Waals surface area contributed by atoms with Crippen LogP contribution in [0.1, 0.15) is 22.3 Å². The minimum absolute atomic E-state index is 0.0508. The third kappa shape index (κ3) is 5.06.